The smallest absolute Gasteiger partial charge is 0.122 e. The lowest BCUT2D eigenvalue weighted by Crippen LogP contribution is -1.95. The summed E-state index contributed by atoms with van der Waals surface area (Å²) in [6.07, 6.45) is 0. The Morgan fingerprint density at radius 2 is 1.27 bits per heavy atom. The van der Waals surface area contributed by atoms with Gasteiger partial charge in [-0.2, -0.15) is 10.2 Å². The number of rotatable bonds is 4. The largest absolute Gasteiger partial charge is 0.507 e. The maximum atomic E-state index is 10.4. The molecule has 0 amide bonds. The third kappa shape index (κ3) is 3.64. The van der Waals surface area contributed by atoms with Gasteiger partial charge in [0, 0.05) is 5.69 Å². The lowest BCUT2D eigenvalue weighted by molar-refractivity contribution is 0.454. The lowest BCUT2D eigenvalue weighted by atomic mass is 9.93. The number of nitrogens with zero attached hydrogens (tertiary/aromatic N) is 2. The minimum atomic E-state index is 0.226. The van der Waals surface area contributed by atoms with E-state index in [0.717, 1.165) is 22.5 Å². The van der Waals surface area contributed by atoms with Gasteiger partial charge in [0.1, 0.15) is 5.75 Å². The number of aromatic hydroxyl groups is 1. The van der Waals surface area contributed by atoms with E-state index in [-0.39, 0.29) is 11.8 Å². The van der Waals surface area contributed by atoms with Crippen LogP contribution in [0.2, 0.25) is 0 Å². The molecule has 0 aliphatic heterocycles. The molecule has 0 heterocycles. The topological polar surface area (TPSA) is 71.0 Å². The average molecular weight is 297 g/mol. The Balaban J connectivity index is 2.40. The molecule has 4 heteroatoms. The Bertz CT molecular complexity index is 644. The Kier molecular flexibility index (Phi) is 4.81. The zero-order valence-corrected chi connectivity index (χ0v) is 13.5. The van der Waals surface area contributed by atoms with Crippen molar-refractivity contribution in [1.29, 1.82) is 0 Å². The Labute approximate surface area is 131 Å². The highest BCUT2D eigenvalue weighted by Crippen LogP contribution is 2.37. The molecule has 0 aromatic heterocycles. The molecule has 2 aromatic carbocycles. The highest BCUT2D eigenvalue weighted by Gasteiger charge is 2.15. The van der Waals surface area contributed by atoms with Crippen LogP contribution in [0.25, 0.3) is 0 Å². The second-order valence-electron chi connectivity index (χ2n) is 6.07. The molecule has 0 aliphatic carbocycles. The van der Waals surface area contributed by atoms with Crippen LogP contribution in [0, 0.1) is 0 Å². The van der Waals surface area contributed by atoms with E-state index in [4.69, 9.17) is 5.73 Å². The molecule has 0 fully saturated rings. The number of anilines is 1. The molecule has 0 atom stereocenters. The van der Waals surface area contributed by atoms with Crippen molar-refractivity contribution in [2.24, 2.45) is 10.2 Å². The monoisotopic (exact) mass is 297 g/mol. The zero-order valence-electron chi connectivity index (χ0n) is 13.5. The minimum Gasteiger partial charge on any atom is -0.507 e. The molecule has 2 aromatic rings. The molecule has 0 saturated carbocycles. The van der Waals surface area contributed by atoms with Gasteiger partial charge in [0.25, 0.3) is 0 Å². The van der Waals surface area contributed by atoms with E-state index in [2.05, 4.69) is 37.9 Å². The number of hydrogen-bond donors (Lipinski definition) is 2. The Morgan fingerprint density at radius 1 is 0.818 bits per heavy atom. The molecule has 0 unspecified atom stereocenters. The number of nitrogens with two attached hydrogens (primary N) is 1. The fraction of sp³-hybridized carbons (Fsp3) is 0.333. The van der Waals surface area contributed by atoms with Gasteiger partial charge in [0.2, 0.25) is 0 Å². The predicted molar refractivity (Wildman–Crippen MR) is 91.3 cm³/mol. The van der Waals surface area contributed by atoms with Gasteiger partial charge in [0.05, 0.1) is 11.4 Å². The number of azo groups is 1. The molecular formula is C18H23N3O. The zero-order chi connectivity index (χ0) is 16.3. The van der Waals surface area contributed by atoms with Crippen LogP contribution in [-0.2, 0) is 0 Å². The lowest BCUT2D eigenvalue weighted by Gasteiger charge is -2.15. The first kappa shape index (κ1) is 16.0. The van der Waals surface area contributed by atoms with E-state index in [9.17, 15) is 5.11 Å². The highest BCUT2D eigenvalue weighted by atomic mass is 16.3. The number of phenolic OH excluding ortho intramolecular Hbond substituents is 1. The summed E-state index contributed by atoms with van der Waals surface area (Å²) in [6.45, 7) is 8.22. The van der Waals surface area contributed by atoms with E-state index >= 15 is 0 Å². The molecular weight excluding hydrogens is 274 g/mol. The number of nitrogen functional groups attached to an aromatic ring is 1. The number of phenols is 1. The SMILES string of the molecule is CC(C)c1cc(N=Nc2ccc(N)cc2)cc(C(C)C)c1O. The first-order valence-electron chi connectivity index (χ1n) is 7.52. The molecule has 3 N–H and O–H groups in total. The quantitative estimate of drug-likeness (QED) is 0.566. The van der Waals surface area contributed by atoms with Gasteiger partial charge < -0.3 is 10.8 Å². The van der Waals surface area contributed by atoms with Crippen molar-refractivity contribution in [3.8, 4) is 5.75 Å². The molecule has 116 valence electrons. The van der Waals surface area contributed by atoms with Gasteiger partial charge >= 0.3 is 0 Å². The van der Waals surface area contributed by atoms with Gasteiger partial charge in [-0.1, -0.05) is 27.7 Å². The number of hydrogen-bond acceptors (Lipinski definition) is 4. The van der Waals surface area contributed by atoms with Crippen LogP contribution in [0.1, 0.15) is 50.7 Å². The van der Waals surface area contributed by atoms with Crippen LogP contribution in [-0.4, -0.2) is 5.11 Å². The summed E-state index contributed by atoms with van der Waals surface area (Å²) in [6, 6.07) is 11.0. The Morgan fingerprint density at radius 3 is 1.73 bits per heavy atom. The molecule has 0 radical (unpaired) electrons. The predicted octanol–water partition coefficient (Wildman–Crippen LogP) is 5.64. The van der Waals surface area contributed by atoms with Crippen molar-refractivity contribution in [1.82, 2.24) is 0 Å². The molecule has 0 spiro atoms. The van der Waals surface area contributed by atoms with Crippen LogP contribution >= 0.6 is 0 Å². The van der Waals surface area contributed by atoms with Gasteiger partial charge in [-0.3, -0.25) is 0 Å². The third-order valence-corrected chi connectivity index (χ3v) is 3.57. The molecule has 0 bridgehead atoms. The van der Waals surface area contributed by atoms with Crippen molar-refractivity contribution in [3.63, 3.8) is 0 Å². The van der Waals surface area contributed by atoms with E-state index in [1.807, 2.05) is 24.3 Å². The van der Waals surface area contributed by atoms with E-state index < -0.39 is 0 Å². The molecule has 0 saturated heterocycles. The van der Waals surface area contributed by atoms with Crippen LogP contribution in [0.5, 0.6) is 5.75 Å². The minimum absolute atomic E-state index is 0.226. The molecule has 22 heavy (non-hydrogen) atoms. The first-order chi connectivity index (χ1) is 10.4. The summed E-state index contributed by atoms with van der Waals surface area (Å²) in [4.78, 5) is 0. The average Bonchev–Trinajstić information content (AvgIpc) is 2.47. The summed E-state index contributed by atoms with van der Waals surface area (Å²) in [5.74, 6) is 0.824. The van der Waals surface area contributed by atoms with E-state index in [0.29, 0.717) is 11.4 Å². The van der Waals surface area contributed by atoms with Crippen LogP contribution in [0.4, 0.5) is 17.1 Å². The van der Waals surface area contributed by atoms with Crippen LogP contribution < -0.4 is 5.73 Å². The molecule has 4 nitrogen and oxygen atoms in total. The van der Waals surface area contributed by atoms with Crippen LogP contribution in [0.15, 0.2) is 46.6 Å². The van der Waals surface area contributed by atoms with E-state index in [1.165, 1.54) is 0 Å². The molecule has 2 rings (SSSR count). The summed E-state index contributed by atoms with van der Waals surface area (Å²) in [5.41, 5.74) is 9.66. The second-order valence-corrected chi connectivity index (χ2v) is 6.07. The van der Waals surface area contributed by atoms with Crippen molar-refractivity contribution in [3.05, 3.63) is 47.5 Å². The van der Waals surface area contributed by atoms with Gasteiger partial charge in [-0.25, -0.2) is 0 Å². The second kappa shape index (κ2) is 6.60. The summed E-state index contributed by atoms with van der Waals surface area (Å²) < 4.78 is 0. The highest BCUT2D eigenvalue weighted by molar-refractivity contribution is 5.55. The first-order valence-corrected chi connectivity index (χ1v) is 7.52. The summed E-state index contributed by atoms with van der Waals surface area (Å²) in [5, 5.41) is 18.9. The molecule has 0 aliphatic rings. The van der Waals surface area contributed by atoms with Gasteiger partial charge in [0.15, 0.2) is 0 Å². The van der Waals surface area contributed by atoms with Crippen molar-refractivity contribution < 1.29 is 5.11 Å². The van der Waals surface area contributed by atoms with Crippen molar-refractivity contribution >= 4 is 17.1 Å². The van der Waals surface area contributed by atoms with Crippen molar-refractivity contribution in [2.75, 3.05) is 5.73 Å². The fourth-order valence-electron chi connectivity index (χ4n) is 2.26. The van der Waals surface area contributed by atoms with Crippen LogP contribution in [0.3, 0.4) is 0 Å². The summed E-state index contributed by atoms with van der Waals surface area (Å²) >= 11 is 0. The maximum absolute atomic E-state index is 10.4. The normalized spacial score (nSPS) is 11.7. The summed E-state index contributed by atoms with van der Waals surface area (Å²) in [7, 11) is 0. The third-order valence-electron chi connectivity index (χ3n) is 3.57. The van der Waals surface area contributed by atoms with Crippen molar-refractivity contribution in [2.45, 2.75) is 39.5 Å². The van der Waals surface area contributed by atoms with Gasteiger partial charge in [-0.15, -0.1) is 0 Å². The number of benzene rings is 2. The standard InChI is InChI=1S/C18H23N3O/c1-11(2)16-9-15(10-17(12(3)4)18(16)22)21-20-14-7-5-13(19)6-8-14/h5-12,22H,19H2,1-4H3. The van der Waals surface area contributed by atoms with Gasteiger partial charge in [-0.05, 0) is 59.4 Å². The van der Waals surface area contributed by atoms with E-state index in [1.54, 1.807) is 12.1 Å². The Hall–Kier alpha value is -2.36. The maximum Gasteiger partial charge on any atom is 0.122 e. The fourth-order valence-corrected chi connectivity index (χ4v) is 2.26.